The molecule has 0 fully saturated rings. The van der Waals surface area contributed by atoms with Crippen LogP contribution in [0.2, 0.25) is 10.6 Å². The van der Waals surface area contributed by atoms with Crippen molar-refractivity contribution in [2.75, 3.05) is 14.2 Å². The molecule has 0 aliphatic carbocycles. The number of esters is 2. The number of methoxy groups -OCH3 is 2. The molecule has 0 aliphatic heterocycles. The first kappa shape index (κ1) is 15.9. The van der Waals surface area contributed by atoms with Crippen molar-refractivity contribution in [3.05, 3.63) is 0 Å². The maximum atomic E-state index is 11.0. The van der Waals surface area contributed by atoms with E-state index in [-0.39, 0.29) is 26.3 Å². The van der Waals surface area contributed by atoms with Gasteiger partial charge in [-0.2, -0.15) is 0 Å². The molecule has 16 heavy (non-hydrogen) atoms. The molecule has 0 aliphatic rings. The molecule has 0 spiro atoms. The summed E-state index contributed by atoms with van der Waals surface area (Å²) in [7, 11) is 2.63. The molecule has 2 atom stereocenters. The van der Waals surface area contributed by atoms with Gasteiger partial charge in [-0.25, -0.2) is 0 Å². The van der Waals surface area contributed by atoms with Gasteiger partial charge in [-0.05, 0) is 0 Å². The Hall–Kier alpha value is -0.101. The van der Waals surface area contributed by atoms with E-state index in [1.807, 2.05) is 0 Å². The number of ether oxygens (including phenoxy) is 2. The second kappa shape index (κ2) is 8.98. The third-order valence-corrected chi connectivity index (χ3v) is 8.80. The van der Waals surface area contributed by atoms with Gasteiger partial charge in [0.1, 0.15) is 0 Å². The molecule has 0 amide bonds. The number of carbonyl (C=O) groups is 2. The van der Waals surface area contributed by atoms with Crippen LogP contribution in [0.15, 0.2) is 0 Å². The van der Waals surface area contributed by atoms with Gasteiger partial charge >= 0.3 is 106 Å². The van der Waals surface area contributed by atoms with Crippen molar-refractivity contribution in [3.63, 3.8) is 0 Å². The Morgan fingerprint density at radius 1 is 1.00 bits per heavy atom. The Kier molecular flexibility index (Phi) is 8.93. The van der Waals surface area contributed by atoms with Crippen molar-refractivity contribution in [2.24, 2.45) is 11.5 Å². The van der Waals surface area contributed by atoms with Crippen LogP contribution >= 0.6 is 0 Å². The van der Waals surface area contributed by atoms with Crippen LogP contribution in [0.3, 0.4) is 0 Å². The molecule has 0 saturated heterocycles. The van der Waals surface area contributed by atoms with E-state index in [4.69, 9.17) is 11.5 Å². The molecule has 0 saturated carbocycles. The van der Waals surface area contributed by atoms with E-state index in [9.17, 15) is 9.59 Å². The average molecular weight is 362 g/mol. The van der Waals surface area contributed by atoms with E-state index < -0.39 is 24.0 Å². The molecule has 0 heterocycles. The summed E-state index contributed by atoms with van der Waals surface area (Å²) >= 11 is 0.485. The Labute approximate surface area is 106 Å². The van der Waals surface area contributed by atoms with E-state index >= 15 is 0 Å². The minimum atomic E-state index is -0.554. The van der Waals surface area contributed by atoms with E-state index in [2.05, 4.69) is 9.47 Å². The fourth-order valence-corrected chi connectivity index (χ4v) is 7.57. The third kappa shape index (κ3) is 6.47. The number of rotatable bonds is 7. The van der Waals surface area contributed by atoms with Crippen LogP contribution in [0.1, 0.15) is 0 Å². The Morgan fingerprint density at radius 3 is 1.56 bits per heavy atom. The molecule has 4 N–H and O–H groups in total. The van der Waals surface area contributed by atoms with Crippen molar-refractivity contribution in [3.8, 4) is 0 Å². The van der Waals surface area contributed by atoms with Gasteiger partial charge in [0.05, 0.1) is 0 Å². The topological polar surface area (TPSA) is 105 Å². The van der Waals surface area contributed by atoms with Crippen LogP contribution in [0.5, 0.6) is 0 Å². The van der Waals surface area contributed by atoms with Crippen LogP contribution < -0.4 is 11.5 Å². The fourth-order valence-electron chi connectivity index (χ4n) is 0.682. The zero-order valence-corrected chi connectivity index (χ0v) is 12.6. The molecule has 8 heteroatoms. The van der Waals surface area contributed by atoms with Crippen molar-refractivity contribution in [2.45, 2.75) is 22.7 Å². The number of carbonyl (C=O) groups excluding carboxylic acids is 2. The zero-order chi connectivity index (χ0) is 12.6. The third-order valence-electron chi connectivity index (χ3n) is 1.59. The molecule has 0 aromatic heterocycles. The standard InChI is InChI=1S/C8H16N2O4Se2/c1-13-7(11)5(9)3-15-16-4-6(10)8(12)14-2/h5-6H,3-4,9-10H2,1-2H3/t5-,6-/m0/s1. The molecule has 0 unspecified atom stereocenters. The van der Waals surface area contributed by atoms with Gasteiger partial charge in [0.25, 0.3) is 0 Å². The second-order valence-corrected chi connectivity index (χ2v) is 10.4. The van der Waals surface area contributed by atoms with Crippen LogP contribution in [0.4, 0.5) is 0 Å². The van der Waals surface area contributed by atoms with Gasteiger partial charge in [-0.1, -0.05) is 0 Å². The normalized spacial score (nSPS) is 14.0. The number of hydrogen-bond acceptors (Lipinski definition) is 6. The second-order valence-electron chi connectivity index (χ2n) is 2.83. The average Bonchev–Trinajstić information content (AvgIpc) is 2.31. The van der Waals surface area contributed by atoms with Gasteiger partial charge in [0, 0.05) is 0 Å². The minimum absolute atomic E-state index is 0.242. The zero-order valence-electron chi connectivity index (χ0n) is 9.17. The summed E-state index contributed by atoms with van der Waals surface area (Å²) in [5, 5.41) is 1.24. The molecule has 0 bridgehead atoms. The summed E-state index contributed by atoms with van der Waals surface area (Å²) in [6.07, 6.45) is 0. The first-order valence-corrected chi connectivity index (χ1v) is 11.2. The number of hydrogen-bond donors (Lipinski definition) is 2. The number of nitrogens with two attached hydrogens (primary N) is 2. The Morgan fingerprint density at radius 2 is 1.31 bits per heavy atom. The van der Waals surface area contributed by atoms with Crippen molar-refractivity contribution in [1.82, 2.24) is 0 Å². The molecule has 0 rings (SSSR count). The summed E-state index contributed by atoms with van der Waals surface area (Å²) in [5.74, 6) is -0.787. The first-order chi connectivity index (χ1) is 7.52. The van der Waals surface area contributed by atoms with Crippen LogP contribution in [-0.2, 0) is 19.1 Å². The van der Waals surface area contributed by atoms with E-state index in [0.29, 0.717) is 10.6 Å². The summed E-state index contributed by atoms with van der Waals surface area (Å²) < 4.78 is 9.00. The fraction of sp³-hybridized carbons (Fsp3) is 0.750. The van der Waals surface area contributed by atoms with E-state index in [1.165, 1.54) is 14.2 Å². The first-order valence-electron chi connectivity index (χ1n) is 4.44. The van der Waals surface area contributed by atoms with E-state index in [0.717, 1.165) is 0 Å². The van der Waals surface area contributed by atoms with Gasteiger partial charge < -0.3 is 0 Å². The van der Waals surface area contributed by atoms with Crippen molar-refractivity contribution < 1.29 is 19.1 Å². The molecule has 94 valence electrons. The van der Waals surface area contributed by atoms with Crippen LogP contribution in [0, 0.1) is 0 Å². The molecule has 6 nitrogen and oxygen atoms in total. The van der Waals surface area contributed by atoms with Gasteiger partial charge in [0.2, 0.25) is 0 Å². The maximum absolute atomic E-state index is 11.0. The molecular formula is C8H16N2O4Se2. The van der Waals surface area contributed by atoms with E-state index in [1.54, 1.807) is 0 Å². The van der Waals surface area contributed by atoms with Crippen molar-refractivity contribution >= 4 is 38.2 Å². The Balaban J connectivity index is 3.60. The van der Waals surface area contributed by atoms with Gasteiger partial charge in [-0.15, -0.1) is 0 Å². The van der Waals surface area contributed by atoms with Crippen LogP contribution in [-0.4, -0.2) is 64.5 Å². The molecule has 0 aromatic rings. The van der Waals surface area contributed by atoms with Gasteiger partial charge in [0.15, 0.2) is 0 Å². The predicted molar refractivity (Wildman–Crippen MR) is 61.1 cm³/mol. The summed E-state index contributed by atoms with van der Waals surface area (Å²) in [4.78, 5) is 21.9. The summed E-state index contributed by atoms with van der Waals surface area (Å²) in [5.41, 5.74) is 11.1. The van der Waals surface area contributed by atoms with Crippen LogP contribution in [0.25, 0.3) is 0 Å². The quantitative estimate of drug-likeness (QED) is 0.313. The van der Waals surface area contributed by atoms with Crippen molar-refractivity contribution in [1.29, 1.82) is 0 Å². The summed E-state index contributed by atoms with van der Waals surface area (Å²) in [6.45, 7) is 0. The predicted octanol–water partition coefficient (Wildman–Crippen LogP) is -1.85. The monoisotopic (exact) mass is 364 g/mol. The molecule has 0 aromatic carbocycles. The van der Waals surface area contributed by atoms with Gasteiger partial charge in [-0.3, -0.25) is 0 Å². The summed E-state index contributed by atoms with van der Waals surface area (Å²) in [6, 6.07) is -1.11. The molecular weight excluding hydrogens is 346 g/mol. The Bertz CT molecular complexity index is 216. The SMILES string of the molecule is COC(=O)[C@@H](N)C[Se][Se]C[C@H](N)C(=O)OC. The molecule has 0 radical (unpaired) electrons.